The summed E-state index contributed by atoms with van der Waals surface area (Å²) in [7, 11) is 0. The number of carboxylic acid groups (broad SMARTS) is 1. The highest BCUT2D eigenvalue weighted by Crippen LogP contribution is 2.24. The van der Waals surface area contributed by atoms with Crippen LogP contribution in [0.25, 0.3) is 0 Å². The van der Waals surface area contributed by atoms with Gasteiger partial charge in [-0.3, -0.25) is 4.79 Å². The number of carboxylic acids is 1. The maximum Gasteiger partial charge on any atom is 0.307 e. The molecule has 1 aromatic rings. The van der Waals surface area contributed by atoms with E-state index in [-0.39, 0.29) is 30.6 Å². The van der Waals surface area contributed by atoms with Gasteiger partial charge in [0.1, 0.15) is 11.9 Å². The lowest BCUT2D eigenvalue weighted by molar-refractivity contribution is -0.136. The number of halogens is 1. The molecular formula is C12H15FO5. The van der Waals surface area contributed by atoms with Crippen LogP contribution >= 0.6 is 0 Å². The third kappa shape index (κ3) is 3.76. The normalized spacial score (nSPS) is 14.2. The minimum Gasteiger partial charge on any atom is -0.481 e. The quantitative estimate of drug-likeness (QED) is 0.585. The second kappa shape index (κ2) is 6.44. The van der Waals surface area contributed by atoms with Crippen LogP contribution in [0.2, 0.25) is 0 Å². The summed E-state index contributed by atoms with van der Waals surface area (Å²) in [6.45, 7) is -0.332. The topological polar surface area (TPSA) is 98.0 Å². The smallest absolute Gasteiger partial charge is 0.307 e. The van der Waals surface area contributed by atoms with Crippen LogP contribution in [-0.2, 0) is 11.2 Å². The van der Waals surface area contributed by atoms with E-state index in [4.69, 9.17) is 10.2 Å². The standard InChI is InChI=1S/C12H15FO5/c13-8-2-1-7(5-11(16)17)9(6-8)12(18)10(15)3-4-14/h1-2,6,10,12,14-15,18H,3-5H2,(H,16,17). The highest BCUT2D eigenvalue weighted by Gasteiger charge is 2.22. The minimum absolute atomic E-state index is 0.0263. The van der Waals surface area contributed by atoms with Gasteiger partial charge in [-0.25, -0.2) is 4.39 Å². The van der Waals surface area contributed by atoms with Gasteiger partial charge in [0.2, 0.25) is 0 Å². The number of hydrogen-bond donors (Lipinski definition) is 4. The molecule has 0 aromatic heterocycles. The van der Waals surface area contributed by atoms with E-state index in [1.807, 2.05) is 0 Å². The molecular weight excluding hydrogens is 243 g/mol. The zero-order valence-electron chi connectivity index (χ0n) is 9.58. The molecule has 0 radical (unpaired) electrons. The Kier molecular flexibility index (Phi) is 5.21. The summed E-state index contributed by atoms with van der Waals surface area (Å²) in [6.07, 6.45) is -3.16. The molecule has 2 atom stereocenters. The predicted molar refractivity (Wildman–Crippen MR) is 60.4 cm³/mol. The SMILES string of the molecule is O=C(O)Cc1ccc(F)cc1C(O)C(O)CCO. The molecule has 18 heavy (non-hydrogen) atoms. The number of aliphatic carboxylic acids is 1. The molecule has 0 bridgehead atoms. The van der Waals surface area contributed by atoms with Crippen molar-refractivity contribution in [3.05, 3.63) is 35.1 Å². The van der Waals surface area contributed by atoms with E-state index in [2.05, 4.69) is 0 Å². The number of carbonyl (C=O) groups is 1. The third-order valence-corrected chi connectivity index (χ3v) is 2.56. The molecule has 0 aliphatic rings. The highest BCUT2D eigenvalue weighted by atomic mass is 19.1. The Morgan fingerprint density at radius 3 is 2.56 bits per heavy atom. The molecule has 0 aliphatic heterocycles. The summed E-state index contributed by atoms with van der Waals surface area (Å²) in [6, 6.07) is 3.34. The van der Waals surface area contributed by atoms with Crippen molar-refractivity contribution in [3.63, 3.8) is 0 Å². The van der Waals surface area contributed by atoms with E-state index < -0.39 is 24.0 Å². The van der Waals surface area contributed by atoms with E-state index >= 15 is 0 Å². The average molecular weight is 258 g/mol. The van der Waals surface area contributed by atoms with Crippen molar-refractivity contribution in [3.8, 4) is 0 Å². The number of hydrogen-bond acceptors (Lipinski definition) is 4. The molecule has 6 heteroatoms. The van der Waals surface area contributed by atoms with Gasteiger partial charge in [0, 0.05) is 6.61 Å². The van der Waals surface area contributed by atoms with Gasteiger partial charge in [0.15, 0.2) is 0 Å². The predicted octanol–water partition coefficient (Wildman–Crippen LogP) is 0.230. The Bertz CT molecular complexity index is 421. The first-order valence-corrected chi connectivity index (χ1v) is 5.42. The van der Waals surface area contributed by atoms with Crippen LogP contribution in [0.1, 0.15) is 23.7 Å². The van der Waals surface area contributed by atoms with Gasteiger partial charge in [-0.15, -0.1) is 0 Å². The van der Waals surface area contributed by atoms with Crippen molar-refractivity contribution in [1.29, 1.82) is 0 Å². The largest absolute Gasteiger partial charge is 0.481 e. The second-order valence-electron chi connectivity index (χ2n) is 3.94. The number of benzene rings is 1. The summed E-state index contributed by atoms with van der Waals surface area (Å²) in [5.74, 6) is -1.75. The van der Waals surface area contributed by atoms with E-state index in [1.165, 1.54) is 6.07 Å². The summed E-state index contributed by atoms with van der Waals surface area (Å²) < 4.78 is 13.1. The first-order valence-electron chi connectivity index (χ1n) is 5.42. The average Bonchev–Trinajstić information content (AvgIpc) is 2.30. The van der Waals surface area contributed by atoms with Crippen molar-refractivity contribution in [2.45, 2.75) is 25.0 Å². The van der Waals surface area contributed by atoms with E-state index in [1.54, 1.807) is 0 Å². The third-order valence-electron chi connectivity index (χ3n) is 2.56. The molecule has 4 N–H and O–H groups in total. The molecule has 100 valence electrons. The van der Waals surface area contributed by atoms with E-state index in [0.717, 1.165) is 12.1 Å². The van der Waals surface area contributed by atoms with Crippen molar-refractivity contribution < 1.29 is 29.6 Å². The van der Waals surface area contributed by atoms with Crippen molar-refractivity contribution in [1.82, 2.24) is 0 Å². The van der Waals surface area contributed by atoms with Crippen molar-refractivity contribution >= 4 is 5.97 Å². The van der Waals surface area contributed by atoms with Crippen LogP contribution in [0.4, 0.5) is 4.39 Å². The minimum atomic E-state index is -1.43. The molecule has 1 rings (SSSR count). The monoisotopic (exact) mass is 258 g/mol. The maximum atomic E-state index is 13.1. The van der Waals surface area contributed by atoms with Gasteiger partial charge < -0.3 is 20.4 Å². The fourth-order valence-corrected chi connectivity index (χ4v) is 1.66. The molecule has 1 aromatic carbocycles. The molecule has 0 fully saturated rings. The van der Waals surface area contributed by atoms with Gasteiger partial charge in [0.05, 0.1) is 12.5 Å². The lowest BCUT2D eigenvalue weighted by atomic mass is 9.95. The molecule has 5 nitrogen and oxygen atoms in total. The van der Waals surface area contributed by atoms with Crippen LogP contribution in [0, 0.1) is 5.82 Å². The lowest BCUT2D eigenvalue weighted by Crippen LogP contribution is -2.21. The Morgan fingerprint density at radius 2 is 2.00 bits per heavy atom. The number of rotatable bonds is 6. The Hall–Kier alpha value is -1.50. The van der Waals surface area contributed by atoms with Gasteiger partial charge in [0.25, 0.3) is 0 Å². The zero-order valence-corrected chi connectivity index (χ0v) is 9.58. The van der Waals surface area contributed by atoms with E-state index in [9.17, 15) is 19.4 Å². The molecule has 2 unspecified atom stereocenters. The van der Waals surface area contributed by atoms with Crippen LogP contribution in [0.5, 0.6) is 0 Å². The molecule has 0 amide bonds. The highest BCUT2D eigenvalue weighted by molar-refractivity contribution is 5.70. The first-order chi connectivity index (χ1) is 8.45. The van der Waals surface area contributed by atoms with Crippen LogP contribution in [0.15, 0.2) is 18.2 Å². The zero-order chi connectivity index (χ0) is 13.7. The summed E-state index contributed by atoms with van der Waals surface area (Å²) in [5, 5.41) is 36.7. The van der Waals surface area contributed by atoms with Crippen molar-refractivity contribution in [2.75, 3.05) is 6.61 Å². The molecule has 0 saturated heterocycles. The van der Waals surface area contributed by atoms with Crippen LogP contribution in [-0.4, -0.2) is 39.1 Å². The van der Waals surface area contributed by atoms with Gasteiger partial charge >= 0.3 is 5.97 Å². The Balaban J connectivity index is 3.03. The van der Waals surface area contributed by atoms with Gasteiger partial charge in [-0.1, -0.05) is 6.07 Å². The van der Waals surface area contributed by atoms with Gasteiger partial charge in [-0.2, -0.15) is 0 Å². The fourth-order valence-electron chi connectivity index (χ4n) is 1.66. The summed E-state index contributed by atoms with van der Waals surface area (Å²) in [4.78, 5) is 10.6. The number of aliphatic hydroxyl groups is 3. The molecule has 0 aliphatic carbocycles. The second-order valence-corrected chi connectivity index (χ2v) is 3.94. The molecule has 0 saturated carbocycles. The Labute approximate surface area is 103 Å². The van der Waals surface area contributed by atoms with Crippen molar-refractivity contribution in [2.24, 2.45) is 0 Å². The Morgan fingerprint density at radius 1 is 1.33 bits per heavy atom. The van der Waals surface area contributed by atoms with Crippen LogP contribution < -0.4 is 0 Å². The maximum absolute atomic E-state index is 13.1. The van der Waals surface area contributed by atoms with E-state index in [0.29, 0.717) is 0 Å². The number of aliphatic hydroxyl groups excluding tert-OH is 3. The summed E-state index contributed by atoms with van der Waals surface area (Å²) in [5.41, 5.74) is 0.256. The molecule has 0 heterocycles. The lowest BCUT2D eigenvalue weighted by Gasteiger charge is -2.19. The summed E-state index contributed by atoms with van der Waals surface area (Å²) >= 11 is 0. The molecule has 0 spiro atoms. The fraction of sp³-hybridized carbons (Fsp3) is 0.417. The first kappa shape index (κ1) is 14.6. The van der Waals surface area contributed by atoms with Crippen LogP contribution in [0.3, 0.4) is 0 Å². The van der Waals surface area contributed by atoms with Gasteiger partial charge in [-0.05, 0) is 29.7 Å².